The van der Waals surface area contributed by atoms with Gasteiger partial charge in [0.25, 0.3) is 11.6 Å². The molecule has 0 saturated carbocycles. The number of nitrogens with zero attached hydrogens (tertiary/aromatic N) is 1. The summed E-state index contributed by atoms with van der Waals surface area (Å²) < 4.78 is 6.01. The molecule has 150 valence electrons. The van der Waals surface area contributed by atoms with E-state index in [1.54, 1.807) is 19.1 Å². The largest absolute Gasteiger partial charge is 0.462 e. The number of aryl methyl sites for hydroxylation is 1. The summed E-state index contributed by atoms with van der Waals surface area (Å²) in [6, 6.07) is 6.16. The molecule has 9 heteroatoms. The molecule has 0 unspecified atom stereocenters. The maximum Gasteiger partial charge on any atom is 0.341 e. The van der Waals surface area contributed by atoms with Crippen LogP contribution in [0.1, 0.15) is 50.2 Å². The number of esters is 1. The van der Waals surface area contributed by atoms with Gasteiger partial charge in [0.2, 0.25) is 0 Å². The first-order valence-corrected chi connectivity index (χ1v) is 10.9. The molecule has 3 aromatic rings. The summed E-state index contributed by atoms with van der Waals surface area (Å²) in [7, 11) is 0. The summed E-state index contributed by atoms with van der Waals surface area (Å²) in [4.78, 5) is 37.5. The van der Waals surface area contributed by atoms with Crippen LogP contribution in [0.25, 0.3) is 10.1 Å². The molecular formula is C20H18N2O5S2. The first-order chi connectivity index (χ1) is 14.0. The number of hydrogen-bond donors (Lipinski definition) is 1. The summed E-state index contributed by atoms with van der Waals surface area (Å²) >= 11 is 2.69. The van der Waals surface area contributed by atoms with Crippen LogP contribution in [0.15, 0.2) is 24.3 Å². The second-order valence-electron chi connectivity index (χ2n) is 6.68. The first kappa shape index (κ1) is 19.5. The fourth-order valence-electron chi connectivity index (χ4n) is 3.49. The Morgan fingerprint density at radius 2 is 2.00 bits per heavy atom. The molecule has 1 amide bonds. The molecule has 0 aliphatic heterocycles. The molecule has 1 N–H and O–H groups in total. The third-order valence-electron chi connectivity index (χ3n) is 4.81. The summed E-state index contributed by atoms with van der Waals surface area (Å²) in [5, 5.41) is 15.0. The average molecular weight is 431 g/mol. The minimum atomic E-state index is -0.460. The Labute approximate surface area is 174 Å². The minimum Gasteiger partial charge on any atom is -0.462 e. The van der Waals surface area contributed by atoms with E-state index in [4.69, 9.17) is 4.74 Å². The number of hydrogen-bond acceptors (Lipinski definition) is 7. The Kier molecular flexibility index (Phi) is 5.33. The van der Waals surface area contributed by atoms with Gasteiger partial charge in [0.1, 0.15) is 5.00 Å². The van der Waals surface area contributed by atoms with Crippen molar-refractivity contribution >= 4 is 55.3 Å². The van der Waals surface area contributed by atoms with Crippen molar-refractivity contribution in [2.45, 2.75) is 32.6 Å². The fourth-order valence-corrected chi connectivity index (χ4v) is 5.70. The topological polar surface area (TPSA) is 98.5 Å². The molecule has 0 saturated heterocycles. The second kappa shape index (κ2) is 7.92. The number of nitro benzene ring substituents is 1. The molecule has 0 atom stereocenters. The molecule has 0 bridgehead atoms. The first-order valence-electron chi connectivity index (χ1n) is 9.29. The monoisotopic (exact) mass is 430 g/mol. The number of benzene rings is 1. The van der Waals surface area contributed by atoms with Crippen LogP contribution in [-0.2, 0) is 17.6 Å². The maximum absolute atomic E-state index is 12.9. The molecule has 7 nitrogen and oxygen atoms in total. The van der Waals surface area contributed by atoms with E-state index in [1.807, 2.05) is 0 Å². The van der Waals surface area contributed by atoms with Gasteiger partial charge in [-0.25, -0.2) is 4.79 Å². The molecule has 1 aliphatic carbocycles. The van der Waals surface area contributed by atoms with Gasteiger partial charge in [-0.05, 0) is 50.3 Å². The highest BCUT2D eigenvalue weighted by molar-refractivity contribution is 7.21. The highest BCUT2D eigenvalue weighted by Gasteiger charge is 2.27. The molecule has 1 aliphatic rings. The van der Waals surface area contributed by atoms with Crippen LogP contribution < -0.4 is 5.32 Å². The number of fused-ring (bicyclic) bond motifs is 2. The molecule has 1 aromatic carbocycles. The van der Waals surface area contributed by atoms with Crippen molar-refractivity contribution in [2.75, 3.05) is 11.9 Å². The predicted molar refractivity (Wildman–Crippen MR) is 113 cm³/mol. The summed E-state index contributed by atoms with van der Waals surface area (Å²) in [5.41, 5.74) is 1.44. The van der Waals surface area contributed by atoms with Crippen LogP contribution in [0.2, 0.25) is 0 Å². The van der Waals surface area contributed by atoms with Gasteiger partial charge >= 0.3 is 5.97 Å². The Balaban J connectivity index is 1.66. The zero-order valence-corrected chi connectivity index (χ0v) is 17.3. The summed E-state index contributed by atoms with van der Waals surface area (Å²) in [6.07, 6.45) is 3.79. The molecule has 4 rings (SSSR count). The summed E-state index contributed by atoms with van der Waals surface area (Å²) in [6.45, 7) is 2.03. The molecular weight excluding hydrogens is 412 g/mol. The van der Waals surface area contributed by atoms with E-state index in [2.05, 4.69) is 5.32 Å². The lowest BCUT2D eigenvalue weighted by Gasteiger charge is -2.12. The lowest BCUT2D eigenvalue weighted by atomic mass is 9.95. The van der Waals surface area contributed by atoms with Crippen molar-refractivity contribution in [2.24, 2.45) is 0 Å². The van der Waals surface area contributed by atoms with Gasteiger partial charge in [-0.2, -0.15) is 0 Å². The van der Waals surface area contributed by atoms with Gasteiger partial charge in [-0.3, -0.25) is 14.9 Å². The van der Waals surface area contributed by atoms with E-state index in [0.717, 1.165) is 40.8 Å². The number of thiophene rings is 2. The van der Waals surface area contributed by atoms with E-state index in [-0.39, 0.29) is 18.2 Å². The van der Waals surface area contributed by atoms with Crippen molar-refractivity contribution in [1.29, 1.82) is 0 Å². The van der Waals surface area contributed by atoms with Crippen molar-refractivity contribution in [3.05, 3.63) is 55.3 Å². The van der Waals surface area contributed by atoms with Gasteiger partial charge < -0.3 is 10.1 Å². The quantitative estimate of drug-likeness (QED) is 0.342. The van der Waals surface area contributed by atoms with Crippen LogP contribution in [0, 0.1) is 10.1 Å². The fraction of sp³-hybridized carbons (Fsp3) is 0.300. The van der Waals surface area contributed by atoms with Crippen LogP contribution in [0.5, 0.6) is 0 Å². The smallest absolute Gasteiger partial charge is 0.341 e. The highest BCUT2D eigenvalue weighted by Crippen LogP contribution is 2.39. The van der Waals surface area contributed by atoms with Gasteiger partial charge in [0.05, 0.1) is 22.0 Å². The number of carbonyl (C=O) groups is 2. The third-order valence-corrected chi connectivity index (χ3v) is 7.13. The Bertz CT molecular complexity index is 1130. The number of carbonyl (C=O) groups excluding carboxylic acids is 2. The van der Waals surface area contributed by atoms with Crippen LogP contribution in [0.4, 0.5) is 10.7 Å². The third kappa shape index (κ3) is 3.75. The number of non-ortho nitro benzene ring substituents is 1. The average Bonchev–Trinajstić information content (AvgIpc) is 3.28. The van der Waals surface area contributed by atoms with Crippen molar-refractivity contribution in [3.63, 3.8) is 0 Å². The normalized spacial score (nSPS) is 13.1. The van der Waals surface area contributed by atoms with Crippen LogP contribution >= 0.6 is 22.7 Å². The van der Waals surface area contributed by atoms with Gasteiger partial charge in [-0.1, -0.05) is 0 Å². The molecule has 2 heterocycles. The number of nitrogens with one attached hydrogen (secondary N) is 1. The molecule has 0 spiro atoms. The van der Waals surface area contributed by atoms with E-state index >= 15 is 0 Å². The van der Waals surface area contributed by atoms with Crippen molar-refractivity contribution in [3.8, 4) is 0 Å². The number of anilines is 1. The second-order valence-corrected chi connectivity index (χ2v) is 8.87. The Morgan fingerprint density at radius 3 is 2.76 bits per heavy atom. The lowest BCUT2D eigenvalue weighted by molar-refractivity contribution is -0.384. The SMILES string of the molecule is CCOC(=O)c1c(NC(=O)c2cc3cc([N+](=O)[O-])ccc3s2)sc2c1CCCC2. The zero-order chi connectivity index (χ0) is 20.5. The zero-order valence-electron chi connectivity index (χ0n) is 15.6. The maximum atomic E-state index is 12.9. The molecule has 0 radical (unpaired) electrons. The Morgan fingerprint density at radius 1 is 1.21 bits per heavy atom. The minimum absolute atomic E-state index is 0.0159. The number of rotatable bonds is 5. The van der Waals surface area contributed by atoms with E-state index < -0.39 is 10.9 Å². The number of nitro groups is 1. The van der Waals surface area contributed by atoms with Crippen LogP contribution in [0.3, 0.4) is 0 Å². The number of amides is 1. The van der Waals surface area contributed by atoms with Crippen LogP contribution in [-0.4, -0.2) is 23.4 Å². The molecule has 29 heavy (non-hydrogen) atoms. The molecule has 0 fully saturated rings. The lowest BCUT2D eigenvalue weighted by Crippen LogP contribution is -2.15. The van der Waals surface area contributed by atoms with E-state index in [1.165, 1.54) is 34.8 Å². The summed E-state index contributed by atoms with van der Waals surface area (Å²) in [5.74, 6) is -0.743. The van der Waals surface area contributed by atoms with Gasteiger partial charge in [0, 0.05) is 27.1 Å². The van der Waals surface area contributed by atoms with E-state index in [9.17, 15) is 19.7 Å². The molecule has 2 aromatic heterocycles. The Hall–Kier alpha value is -2.78. The van der Waals surface area contributed by atoms with Crippen molar-refractivity contribution < 1.29 is 19.2 Å². The highest BCUT2D eigenvalue weighted by atomic mass is 32.1. The van der Waals surface area contributed by atoms with Gasteiger partial charge in [0.15, 0.2) is 0 Å². The predicted octanol–water partition coefficient (Wildman–Crippen LogP) is 5.18. The van der Waals surface area contributed by atoms with Gasteiger partial charge in [-0.15, -0.1) is 22.7 Å². The van der Waals surface area contributed by atoms with E-state index in [0.29, 0.717) is 20.8 Å². The number of ether oxygens (including phenoxy) is 1. The standard InChI is InChI=1S/C20H18N2O5S2/c1-2-27-20(24)17-13-5-3-4-6-15(13)29-19(17)21-18(23)16-10-11-9-12(22(25)26)7-8-14(11)28-16/h7-10H,2-6H2,1H3,(H,21,23). The van der Waals surface area contributed by atoms with Crippen molar-refractivity contribution in [1.82, 2.24) is 0 Å².